The van der Waals surface area contributed by atoms with E-state index in [0.29, 0.717) is 11.8 Å². The SMILES string of the molecule is CCCC(CBr)COc1cc(C)ccc1C(C)C. The van der Waals surface area contributed by atoms with Gasteiger partial charge in [-0.3, -0.25) is 0 Å². The van der Waals surface area contributed by atoms with E-state index < -0.39 is 0 Å². The van der Waals surface area contributed by atoms with Gasteiger partial charge in [-0.25, -0.2) is 0 Å². The first-order valence-corrected chi connectivity index (χ1v) is 7.99. The van der Waals surface area contributed by atoms with Gasteiger partial charge in [0, 0.05) is 11.2 Å². The van der Waals surface area contributed by atoms with Crippen molar-refractivity contribution in [1.82, 2.24) is 0 Å². The highest BCUT2D eigenvalue weighted by Gasteiger charge is 2.11. The fourth-order valence-electron chi connectivity index (χ4n) is 2.06. The summed E-state index contributed by atoms with van der Waals surface area (Å²) in [5.41, 5.74) is 2.57. The van der Waals surface area contributed by atoms with E-state index in [0.717, 1.165) is 17.7 Å². The number of halogens is 1. The van der Waals surface area contributed by atoms with Crippen LogP contribution in [0.4, 0.5) is 0 Å². The van der Waals surface area contributed by atoms with Crippen LogP contribution in [0.1, 0.15) is 50.7 Å². The van der Waals surface area contributed by atoms with E-state index in [1.165, 1.54) is 24.0 Å². The summed E-state index contributed by atoms with van der Waals surface area (Å²) in [5, 5.41) is 1.02. The third-order valence-electron chi connectivity index (χ3n) is 3.18. The van der Waals surface area contributed by atoms with Gasteiger partial charge >= 0.3 is 0 Å². The van der Waals surface area contributed by atoms with Crippen molar-refractivity contribution in [3.8, 4) is 5.75 Å². The van der Waals surface area contributed by atoms with E-state index in [-0.39, 0.29) is 0 Å². The molecule has 1 atom stereocenters. The summed E-state index contributed by atoms with van der Waals surface area (Å²) in [4.78, 5) is 0. The highest BCUT2D eigenvalue weighted by Crippen LogP contribution is 2.28. The Morgan fingerprint density at radius 2 is 2.00 bits per heavy atom. The largest absolute Gasteiger partial charge is 0.493 e. The molecule has 0 aliphatic heterocycles. The fourth-order valence-corrected chi connectivity index (χ4v) is 2.58. The topological polar surface area (TPSA) is 9.23 Å². The van der Waals surface area contributed by atoms with E-state index in [4.69, 9.17) is 4.74 Å². The molecule has 102 valence electrons. The monoisotopic (exact) mass is 312 g/mol. The second-order valence-electron chi connectivity index (χ2n) is 5.32. The van der Waals surface area contributed by atoms with E-state index in [9.17, 15) is 0 Å². The summed E-state index contributed by atoms with van der Waals surface area (Å²) >= 11 is 3.57. The molecule has 0 fully saturated rings. The van der Waals surface area contributed by atoms with Gasteiger partial charge in [0.25, 0.3) is 0 Å². The molecule has 18 heavy (non-hydrogen) atoms. The minimum atomic E-state index is 0.509. The Labute approximate surface area is 120 Å². The van der Waals surface area contributed by atoms with Gasteiger partial charge in [0.15, 0.2) is 0 Å². The van der Waals surface area contributed by atoms with Crippen LogP contribution >= 0.6 is 15.9 Å². The van der Waals surface area contributed by atoms with Crippen molar-refractivity contribution >= 4 is 15.9 Å². The maximum Gasteiger partial charge on any atom is 0.123 e. The van der Waals surface area contributed by atoms with Crippen LogP contribution in [-0.2, 0) is 0 Å². The number of hydrogen-bond donors (Lipinski definition) is 0. The Bertz CT molecular complexity index is 360. The molecule has 0 bridgehead atoms. The summed E-state index contributed by atoms with van der Waals surface area (Å²) in [6.07, 6.45) is 2.43. The van der Waals surface area contributed by atoms with Crippen LogP contribution in [0.3, 0.4) is 0 Å². The third kappa shape index (κ3) is 4.64. The van der Waals surface area contributed by atoms with Crippen molar-refractivity contribution in [3.63, 3.8) is 0 Å². The molecule has 0 saturated heterocycles. The Kier molecular flexibility index (Phi) is 6.77. The molecule has 0 aliphatic carbocycles. The van der Waals surface area contributed by atoms with Crippen LogP contribution < -0.4 is 4.74 Å². The highest BCUT2D eigenvalue weighted by atomic mass is 79.9. The van der Waals surface area contributed by atoms with Gasteiger partial charge in [-0.05, 0) is 36.5 Å². The zero-order valence-electron chi connectivity index (χ0n) is 12.0. The van der Waals surface area contributed by atoms with Crippen LogP contribution in [0, 0.1) is 12.8 Å². The number of alkyl halides is 1. The van der Waals surface area contributed by atoms with Crippen LogP contribution in [0.2, 0.25) is 0 Å². The lowest BCUT2D eigenvalue weighted by Crippen LogP contribution is -2.14. The fraction of sp³-hybridized carbons (Fsp3) is 0.625. The number of benzene rings is 1. The van der Waals surface area contributed by atoms with Gasteiger partial charge in [-0.2, -0.15) is 0 Å². The molecule has 1 aromatic carbocycles. The second kappa shape index (κ2) is 7.83. The lowest BCUT2D eigenvalue weighted by Gasteiger charge is -2.18. The molecule has 2 heteroatoms. The predicted octanol–water partition coefficient (Wildman–Crippen LogP) is 5.31. The molecule has 1 aromatic rings. The molecule has 0 N–H and O–H groups in total. The number of rotatable bonds is 7. The minimum Gasteiger partial charge on any atom is -0.493 e. The van der Waals surface area contributed by atoms with Gasteiger partial charge in [0.05, 0.1) is 6.61 Å². The predicted molar refractivity (Wildman–Crippen MR) is 83.0 cm³/mol. The molecule has 0 aromatic heterocycles. The van der Waals surface area contributed by atoms with Crippen molar-refractivity contribution in [2.75, 3.05) is 11.9 Å². The standard InChI is InChI=1S/C16H25BrO/c1-5-6-14(10-17)11-18-16-9-13(4)7-8-15(16)12(2)3/h7-9,12,14H,5-6,10-11H2,1-4H3. The third-order valence-corrected chi connectivity index (χ3v) is 4.10. The van der Waals surface area contributed by atoms with Gasteiger partial charge in [-0.1, -0.05) is 55.3 Å². The average Bonchev–Trinajstić information content (AvgIpc) is 2.34. The quantitative estimate of drug-likeness (QED) is 0.620. The summed E-state index contributed by atoms with van der Waals surface area (Å²) in [5.74, 6) is 2.18. The normalized spacial score (nSPS) is 12.8. The zero-order chi connectivity index (χ0) is 13.5. The van der Waals surface area contributed by atoms with Gasteiger partial charge in [-0.15, -0.1) is 0 Å². The molecule has 0 spiro atoms. The molecular formula is C16H25BrO. The van der Waals surface area contributed by atoms with E-state index in [1.807, 2.05) is 0 Å². The molecule has 1 rings (SSSR count). The summed E-state index contributed by atoms with van der Waals surface area (Å²) < 4.78 is 6.05. The highest BCUT2D eigenvalue weighted by molar-refractivity contribution is 9.09. The summed E-state index contributed by atoms with van der Waals surface area (Å²) in [7, 11) is 0. The van der Waals surface area contributed by atoms with Gasteiger partial charge in [0.2, 0.25) is 0 Å². The summed E-state index contributed by atoms with van der Waals surface area (Å²) in [6.45, 7) is 9.58. The maximum atomic E-state index is 6.05. The van der Waals surface area contributed by atoms with Gasteiger partial charge in [0.1, 0.15) is 5.75 Å². The van der Waals surface area contributed by atoms with Crippen molar-refractivity contribution in [2.45, 2.75) is 46.5 Å². The van der Waals surface area contributed by atoms with E-state index >= 15 is 0 Å². The van der Waals surface area contributed by atoms with Crippen LogP contribution in [0.15, 0.2) is 18.2 Å². The van der Waals surface area contributed by atoms with Gasteiger partial charge < -0.3 is 4.74 Å². The van der Waals surface area contributed by atoms with E-state index in [2.05, 4.69) is 61.8 Å². The van der Waals surface area contributed by atoms with Crippen molar-refractivity contribution in [2.24, 2.45) is 5.92 Å². The average molecular weight is 313 g/mol. The molecule has 0 heterocycles. The van der Waals surface area contributed by atoms with Crippen molar-refractivity contribution < 1.29 is 4.74 Å². The van der Waals surface area contributed by atoms with Crippen LogP contribution in [0.25, 0.3) is 0 Å². The molecule has 1 nitrogen and oxygen atoms in total. The molecule has 0 amide bonds. The molecule has 0 radical (unpaired) electrons. The number of aryl methyl sites for hydroxylation is 1. The minimum absolute atomic E-state index is 0.509. The van der Waals surface area contributed by atoms with Crippen LogP contribution in [0.5, 0.6) is 5.75 Å². The first-order chi connectivity index (χ1) is 8.58. The number of hydrogen-bond acceptors (Lipinski definition) is 1. The second-order valence-corrected chi connectivity index (χ2v) is 5.96. The van der Waals surface area contributed by atoms with E-state index in [1.54, 1.807) is 0 Å². The van der Waals surface area contributed by atoms with Crippen molar-refractivity contribution in [3.05, 3.63) is 29.3 Å². The Morgan fingerprint density at radius 3 is 2.56 bits per heavy atom. The number of ether oxygens (including phenoxy) is 1. The Hall–Kier alpha value is -0.500. The molecule has 0 aliphatic rings. The first kappa shape index (κ1) is 15.6. The molecular weight excluding hydrogens is 288 g/mol. The lowest BCUT2D eigenvalue weighted by molar-refractivity contribution is 0.252. The smallest absolute Gasteiger partial charge is 0.123 e. The molecule has 1 unspecified atom stereocenters. The molecule has 0 saturated carbocycles. The summed E-state index contributed by atoms with van der Waals surface area (Å²) in [6, 6.07) is 6.51. The maximum absolute atomic E-state index is 6.05. The lowest BCUT2D eigenvalue weighted by atomic mass is 10.0. The van der Waals surface area contributed by atoms with Crippen molar-refractivity contribution in [1.29, 1.82) is 0 Å². The zero-order valence-corrected chi connectivity index (χ0v) is 13.6. The Morgan fingerprint density at radius 1 is 1.28 bits per heavy atom. The van der Waals surface area contributed by atoms with Crippen LogP contribution in [-0.4, -0.2) is 11.9 Å². The first-order valence-electron chi connectivity index (χ1n) is 6.87. The Balaban J connectivity index is 2.73.